The molecule has 0 radical (unpaired) electrons. The molecule has 0 N–H and O–H groups in total. The van der Waals surface area contributed by atoms with E-state index in [-0.39, 0.29) is 10.8 Å². The summed E-state index contributed by atoms with van der Waals surface area (Å²) in [6.45, 7) is 14.4. The Morgan fingerprint density at radius 2 is 0.683 bits per heavy atom. The summed E-state index contributed by atoms with van der Waals surface area (Å²) in [5, 5.41) is 25.0. The van der Waals surface area contributed by atoms with E-state index in [1.54, 1.807) is 0 Å². The number of hydrogen-bond donors (Lipinski definition) is 0. The third-order valence-electron chi connectivity index (χ3n) is 15.9. The smallest absolute Gasteiger partial charge is 0.0619 e. The van der Waals surface area contributed by atoms with E-state index in [1.165, 1.54) is 153 Å². The fraction of sp³-hybridized carbons (Fsp3) is 0.143. The maximum atomic E-state index is 2.55. The van der Waals surface area contributed by atoms with Gasteiger partial charge in [0.25, 0.3) is 0 Å². The molecular weight excluding hydrogens is 757 g/mol. The fourth-order valence-corrected chi connectivity index (χ4v) is 13.7. The summed E-state index contributed by atoms with van der Waals surface area (Å²) in [5.74, 6) is 0. The Bertz CT molecular complexity index is 4150. The first kappa shape index (κ1) is 34.6. The lowest BCUT2D eigenvalue weighted by atomic mass is 9.69. The molecule has 0 fully saturated rings. The van der Waals surface area contributed by atoms with Crippen LogP contribution in [0.15, 0.2) is 158 Å². The van der Waals surface area contributed by atoms with Crippen molar-refractivity contribution in [2.75, 3.05) is 0 Å². The Labute approximate surface area is 366 Å². The third kappa shape index (κ3) is 3.78. The molecule has 0 aromatic heterocycles. The van der Waals surface area contributed by atoms with Gasteiger partial charge in [-0.15, -0.1) is 0 Å². The second-order valence-electron chi connectivity index (χ2n) is 21.0. The predicted octanol–water partition coefficient (Wildman–Crippen LogP) is 17.3. The van der Waals surface area contributed by atoms with Gasteiger partial charge in [-0.1, -0.05) is 187 Å². The molecule has 0 heterocycles. The monoisotopic (exact) mass is 800 g/mol. The fourth-order valence-electron chi connectivity index (χ4n) is 13.7. The van der Waals surface area contributed by atoms with Crippen molar-refractivity contribution in [3.63, 3.8) is 0 Å². The summed E-state index contributed by atoms with van der Waals surface area (Å²) in [5.41, 5.74) is 13.2. The van der Waals surface area contributed by atoms with Crippen molar-refractivity contribution in [3.05, 3.63) is 191 Å². The van der Waals surface area contributed by atoms with E-state index < -0.39 is 5.41 Å². The minimum absolute atomic E-state index is 0.0721. The van der Waals surface area contributed by atoms with Gasteiger partial charge < -0.3 is 0 Å². The van der Waals surface area contributed by atoms with E-state index in [1.807, 2.05) is 0 Å². The number of fused-ring (bicyclic) bond motifs is 20. The number of hydrogen-bond acceptors (Lipinski definition) is 0. The van der Waals surface area contributed by atoms with Gasteiger partial charge in [0.1, 0.15) is 0 Å². The number of rotatable bonds is 0. The van der Waals surface area contributed by atoms with Crippen molar-refractivity contribution in [3.8, 4) is 22.3 Å². The first-order chi connectivity index (χ1) is 30.6. The second-order valence-corrected chi connectivity index (χ2v) is 21.0. The van der Waals surface area contributed by atoms with E-state index in [2.05, 4.69) is 199 Å². The molecule has 0 heteroatoms. The Morgan fingerprint density at radius 1 is 0.286 bits per heavy atom. The zero-order valence-electron chi connectivity index (χ0n) is 36.5. The Kier molecular flexibility index (Phi) is 6.00. The Hall–Kier alpha value is -7.02. The molecule has 0 saturated carbocycles. The van der Waals surface area contributed by atoms with E-state index >= 15 is 0 Å². The highest BCUT2D eigenvalue weighted by Gasteiger charge is 2.52. The summed E-state index contributed by atoms with van der Waals surface area (Å²) in [6, 6.07) is 61.7. The van der Waals surface area contributed by atoms with Crippen LogP contribution in [0.25, 0.3) is 119 Å². The summed E-state index contributed by atoms with van der Waals surface area (Å²) >= 11 is 0. The minimum atomic E-state index is -0.434. The largest absolute Gasteiger partial charge is 0.0725 e. The van der Waals surface area contributed by atoms with E-state index in [9.17, 15) is 0 Å². The van der Waals surface area contributed by atoms with Crippen LogP contribution in [0.2, 0.25) is 0 Å². The lowest BCUT2D eigenvalue weighted by Gasteiger charge is -2.32. The minimum Gasteiger partial charge on any atom is -0.0619 e. The Morgan fingerprint density at radius 3 is 1.19 bits per heavy atom. The highest BCUT2D eigenvalue weighted by molar-refractivity contribution is 6.55. The van der Waals surface area contributed by atoms with Crippen LogP contribution in [0.3, 0.4) is 0 Å². The molecule has 296 valence electrons. The Balaban J connectivity index is 1.32. The van der Waals surface area contributed by atoms with Crippen LogP contribution < -0.4 is 0 Å². The first-order valence-electron chi connectivity index (χ1n) is 22.9. The zero-order valence-corrected chi connectivity index (χ0v) is 36.5. The van der Waals surface area contributed by atoms with E-state index in [0.717, 1.165) is 0 Å². The molecule has 0 saturated heterocycles. The third-order valence-corrected chi connectivity index (χ3v) is 15.9. The van der Waals surface area contributed by atoms with Crippen LogP contribution in [0, 0.1) is 0 Å². The molecule has 13 aromatic carbocycles. The van der Waals surface area contributed by atoms with Crippen molar-refractivity contribution in [1.82, 2.24) is 0 Å². The van der Waals surface area contributed by atoms with Crippen LogP contribution in [-0.4, -0.2) is 0 Å². The molecule has 0 amide bonds. The quantitative estimate of drug-likeness (QED) is 0.106. The molecule has 2 aliphatic carbocycles. The molecule has 0 bridgehead atoms. The highest BCUT2D eigenvalue weighted by Crippen LogP contribution is 2.66. The average molecular weight is 801 g/mol. The maximum Gasteiger partial charge on any atom is 0.0725 e. The topological polar surface area (TPSA) is 0 Å². The molecule has 2 aliphatic rings. The van der Waals surface area contributed by atoms with Gasteiger partial charge >= 0.3 is 0 Å². The lowest BCUT2D eigenvalue weighted by Crippen LogP contribution is -2.25. The molecule has 0 unspecified atom stereocenters. The molecule has 13 aromatic rings. The van der Waals surface area contributed by atoms with Gasteiger partial charge in [0.15, 0.2) is 0 Å². The van der Waals surface area contributed by atoms with Crippen molar-refractivity contribution >= 4 is 97.0 Å². The van der Waals surface area contributed by atoms with Gasteiger partial charge in [0.05, 0.1) is 5.41 Å². The SMILES string of the molecule is CC(C)(C)c1cc2ccc3cc(C(C)(C)C)c4c5ccccc5c5c6c7c(ccc6c6c8ccccc8c1c1c2c3c4c5c61)C1(c2ccccc2-c2ccccc21)c1ccccc1-7. The van der Waals surface area contributed by atoms with Gasteiger partial charge in [-0.05, 0) is 176 Å². The van der Waals surface area contributed by atoms with Gasteiger partial charge in [-0.25, -0.2) is 0 Å². The van der Waals surface area contributed by atoms with Crippen LogP contribution in [0.1, 0.15) is 74.9 Å². The van der Waals surface area contributed by atoms with Crippen LogP contribution >= 0.6 is 0 Å². The van der Waals surface area contributed by atoms with Gasteiger partial charge in [0, 0.05) is 0 Å². The predicted molar refractivity (Wildman–Crippen MR) is 271 cm³/mol. The van der Waals surface area contributed by atoms with Crippen molar-refractivity contribution in [2.45, 2.75) is 57.8 Å². The summed E-state index contributed by atoms with van der Waals surface area (Å²) in [4.78, 5) is 0. The molecular formula is C63H44. The maximum absolute atomic E-state index is 2.55. The van der Waals surface area contributed by atoms with Crippen LogP contribution in [-0.2, 0) is 16.2 Å². The van der Waals surface area contributed by atoms with Crippen molar-refractivity contribution in [1.29, 1.82) is 0 Å². The molecule has 1 spiro atoms. The van der Waals surface area contributed by atoms with Gasteiger partial charge in [0.2, 0.25) is 0 Å². The zero-order chi connectivity index (χ0) is 42.1. The van der Waals surface area contributed by atoms with Crippen molar-refractivity contribution in [2.24, 2.45) is 0 Å². The van der Waals surface area contributed by atoms with E-state index in [0.29, 0.717) is 0 Å². The number of benzene rings is 13. The summed E-state index contributed by atoms with van der Waals surface area (Å²) in [6.07, 6.45) is 0. The average Bonchev–Trinajstić information content (AvgIpc) is 3.77. The normalized spacial score (nSPS) is 14.6. The molecule has 0 aliphatic heterocycles. The molecule has 0 atom stereocenters. The highest BCUT2D eigenvalue weighted by atomic mass is 14.5. The second kappa shape index (κ2) is 10.9. The van der Waals surface area contributed by atoms with E-state index in [4.69, 9.17) is 0 Å². The lowest BCUT2D eigenvalue weighted by molar-refractivity contribution is 0.596. The van der Waals surface area contributed by atoms with Gasteiger partial charge in [-0.3, -0.25) is 0 Å². The molecule has 0 nitrogen and oxygen atoms in total. The standard InChI is InChI=1S/C63H44/c1-61(2,3)47-31-33-27-28-34-32-48(62(4,5)6)53-39-21-9-10-22-40(39)55-56-42(51-37-19-7-8-20-38(37)52(47)57-49(33)50(34)58(53)60(55)59(51)57)29-30-46-54(56)41-23-13-16-26-45(41)63(46)43-24-14-11-17-35(43)36-18-12-15-25-44(36)63/h7-32H,1-6H3. The van der Waals surface area contributed by atoms with Gasteiger partial charge in [-0.2, -0.15) is 0 Å². The molecule has 15 rings (SSSR count). The molecule has 63 heavy (non-hydrogen) atoms. The first-order valence-corrected chi connectivity index (χ1v) is 22.9. The van der Waals surface area contributed by atoms with Crippen LogP contribution in [0.5, 0.6) is 0 Å². The summed E-state index contributed by atoms with van der Waals surface area (Å²) < 4.78 is 0. The van der Waals surface area contributed by atoms with Crippen molar-refractivity contribution < 1.29 is 0 Å². The van der Waals surface area contributed by atoms with Crippen LogP contribution in [0.4, 0.5) is 0 Å². The summed E-state index contributed by atoms with van der Waals surface area (Å²) in [7, 11) is 0.